The number of phosphoric acid groups is 1. The zero-order chi connectivity index (χ0) is 16.8. The molecule has 2 aliphatic rings. The van der Waals surface area contributed by atoms with Crippen LogP contribution in [0.15, 0.2) is 17.1 Å². The highest BCUT2D eigenvalue weighted by Gasteiger charge is 2.61. The maximum atomic E-state index is 12.2. The monoisotopic (exact) mass is 342 g/mol. The van der Waals surface area contributed by atoms with E-state index in [-0.39, 0.29) is 12.4 Å². The quantitative estimate of drug-likeness (QED) is 0.757. The topological polar surface area (TPSA) is 139 Å². The summed E-state index contributed by atoms with van der Waals surface area (Å²) in [5, 5.41) is 9.64. The lowest BCUT2D eigenvalue weighted by atomic mass is 9.84. The first-order valence-corrected chi connectivity index (χ1v) is 8.19. The third-order valence-electron chi connectivity index (χ3n) is 3.95. The van der Waals surface area contributed by atoms with Crippen molar-refractivity contribution in [2.45, 2.75) is 25.4 Å². The van der Waals surface area contributed by atoms with Crippen molar-refractivity contribution in [1.82, 2.24) is 9.55 Å². The van der Waals surface area contributed by atoms with Crippen molar-refractivity contribution in [3.05, 3.63) is 22.7 Å². The van der Waals surface area contributed by atoms with E-state index in [1.54, 1.807) is 6.92 Å². The molecule has 10 nitrogen and oxygen atoms in total. The molecule has 2 N–H and O–H groups in total. The summed E-state index contributed by atoms with van der Waals surface area (Å²) in [4.78, 5) is 15.7. The van der Waals surface area contributed by atoms with Crippen LogP contribution < -0.4 is 11.4 Å². The van der Waals surface area contributed by atoms with Crippen LogP contribution >= 0.6 is 7.82 Å². The van der Waals surface area contributed by atoms with Gasteiger partial charge in [0.05, 0.1) is 12.7 Å². The summed E-state index contributed by atoms with van der Waals surface area (Å²) >= 11 is 0. The second kappa shape index (κ2) is 5.40. The second-order valence-corrected chi connectivity index (χ2v) is 7.14. The van der Waals surface area contributed by atoms with Crippen molar-refractivity contribution in [3.63, 3.8) is 0 Å². The van der Waals surface area contributed by atoms with Gasteiger partial charge >= 0.3 is 13.5 Å². The predicted octanol–water partition coefficient (Wildman–Crippen LogP) is 0.423. The van der Waals surface area contributed by atoms with Crippen LogP contribution in [-0.2, 0) is 22.9 Å². The molecule has 124 valence electrons. The number of ether oxygens (including phenoxy) is 1. The van der Waals surface area contributed by atoms with Gasteiger partial charge in [0.2, 0.25) is 0 Å². The minimum atomic E-state index is -3.75. The number of hydrogen-bond donors (Lipinski definition) is 1. The molecule has 1 unspecified atom stereocenters. The van der Waals surface area contributed by atoms with Gasteiger partial charge in [-0.05, 0) is 13.0 Å². The van der Waals surface area contributed by atoms with E-state index in [9.17, 15) is 14.6 Å². The van der Waals surface area contributed by atoms with Crippen LogP contribution in [0.4, 0.5) is 5.82 Å². The second-order valence-electron chi connectivity index (χ2n) is 5.42. The van der Waals surface area contributed by atoms with Gasteiger partial charge < -0.3 is 10.5 Å². The molecule has 23 heavy (non-hydrogen) atoms. The van der Waals surface area contributed by atoms with E-state index in [1.165, 1.54) is 19.4 Å². The van der Waals surface area contributed by atoms with Gasteiger partial charge in [0, 0.05) is 13.3 Å². The number of aromatic nitrogens is 2. The number of anilines is 1. The lowest BCUT2D eigenvalue weighted by Crippen LogP contribution is -2.43. The zero-order valence-electron chi connectivity index (χ0n) is 12.4. The summed E-state index contributed by atoms with van der Waals surface area (Å²) in [6.45, 7) is 1.47. The Labute approximate surface area is 131 Å². The molecule has 2 fully saturated rings. The molecule has 0 bridgehead atoms. The van der Waals surface area contributed by atoms with Crippen LogP contribution in [0.3, 0.4) is 0 Å². The standard InChI is InChI=1S/C12H15N4O6P/c1-12(6-13)9-7(5-20-23(18,19-2)22-9)21-10(12)16-4-3-8(14)15-11(16)17/h3-4,7,9-10H,5H2,1-2H3,(H2,14,15,17)/t7-,9-,10-,12-,23?/m1/s1. The smallest absolute Gasteiger partial charge is 0.383 e. The predicted molar refractivity (Wildman–Crippen MR) is 76.0 cm³/mol. The molecule has 5 atom stereocenters. The van der Waals surface area contributed by atoms with E-state index in [0.29, 0.717) is 0 Å². The first-order valence-electron chi connectivity index (χ1n) is 6.73. The fourth-order valence-electron chi connectivity index (χ4n) is 2.72. The highest BCUT2D eigenvalue weighted by molar-refractivity contribution is 7.48. The number of phosphoric ester groups is 1. The average Bonchev–Trinajstić information content (AvgIpc) is 2.81. The molecular formula is C12H15N4O6P. The van der Waals surface area contributed by atoms with Crippen LogP contribution in [0.5, 0.6) is 0 Å². The van der Waals surface area contributed by atoms with Crippen LogP contribution in [-0.4, -0.2) is 35.5 Å². The maximum Gasteiger partial charge on any atom is 0.475 e. The van der Waals surface area contributed by atoms with E-state index < -0.39 is 37.4 Å². The Morgan fingerprint density at radius 3 is 3.00 bits per heavy atom. The molecule has 1 aromatic heterocycles. The molecule has 0 aromatic carbocycles. The van der Waals surface area contributed by atoms with Gasteiger partial charge in [-0.25, -0.2) is 9.36 Å². The van der Waals surface area contributed by atoms with Crippen molar-refractivity contribution in [1.29, 1.82) is 5.26 Å². The molecule has 3 heterocycles. The number of nitrogens with zero attached hydrogens (tertiary/aromatic N) is 3. The molecule has 11 heteroatoms. The van der Waals surface area contributed by atoms with Crippen molar-refractivity contribution in [2.24, 2.45) is 5.41 Å². The molecule has 0 spiro atoms. The number of nitrogens with two attached hydrogens (primary N) is 1. The third kappa shape index (κ3) is 2.47. The van der Waals surface area contributed by atoms with Crippen molar-refractivity contribution in [2.75, 3.05) is 19.5 Å². The number of nitrogen functional groups attached to an aromatic ring is 1. The summed E-state index contributed by atoms with van der Waals surface area (Å²) < 4.78 is 34.3. The summed E-state index contributed by atoms with van der Waals surface area (Å²) in [7, 11) is -2.56. The highest BCUT2D eigenvalue weighted by atomic mass is 31.2. The van der Waals surface area contributed by atoms with Crippen LogP contribution in [0.2, 0.25) is 0 Å². The third-order valence-corrected chi connectivity index (χ3v) is 5.35. The summed E-state index contributed by atoms with van der Waals surface area (Å²) in [5.74, 6) is 0.0591. The first-order chi connectivity index (χ1) is 10.8. The zero-order valence-corrected chi connectivity index (χ0v) is 13.3. The lowest BCUT2D eigenvalue weighted by Gasteiger charge is -2.33. The summed E-state index contributed by atoms with van der Waals surface area (Å²) in [6.07, 6.45) is -1.16. The first kappa shape index (κ1) is 16.1. The van der Waals surface area contributed by atoms with Gasteiger partial charge in [-0.1, -0.05) is 0 Å². The molecule has 0 radical (unpaired) electrons. The molecule has 3 rings (SSSR count). The highest BCUT2D eigenvalue weighted by Crippen LogP contribution is 2.60. The minimum Gasteiger partial charge on any atom is -0.383 e. The summed E-state index contributed by atoms with van der Waals surface area (Å²) in [6, 6.07) is 3.51. The Balaban J connectivity index is 2.03. The van der Waals surface area contributed by atoms with Crippen LogP contribution in [0.25, 0.3) is 0 Å². The Kier molecular flexibility index (Phi) is 3.78. The Morgan fingerprint density at radius 2 is 2.39 bits per heavy atom. The van der Waals surface area contributed by atoms with Crippen molar-refractivity contribution < 1.29 is 22.9 Å². The van der Waals surface area contributed by atoms with Gasteiger partial charge in [0.1, 0.15) is 23.4 Å². The normalized spacial score (nSPS) is 39.6. The lowest BCUT2D eigenvalue weighted by molar-refractivity contribution is -0.0702. The van der Waals surface area contributed by atoms with Crippen LogP contribution in [0.1, 0.15) is 13.2 Å². The molecule has 0 amide bonds. The fraction of sp³-hybridized carbons (Fsp3) is 0.583. The van der Waals surface area contributed by atoms with Crippen molar-refractivity contribution in [3.8, 4) is 6.07 Å². The van der Waals surface area contributed by atoms with Gasteiger partial charge in [-0.3, -0.25) is 18.1 Å². The number of hydrogen-bond acceptors (Lipinski definition) is 9. The fourth-order valence-corrected chi connectivity index (χ4v) is 3.93. The van der Waals surface area contributed by atoms with Gasteiger partial charge in [0.25, 0.3) is 0 Å². The molecule has 0 aliphatic carbocycles. The Morgan fingerprint density at radius 1 is 1.65 bits per heavy atom. The van der Waals surface area contributed by atoms with E-state index in [2.05, 4.69) is 11.1 Å². The van der Waals surface area contributed by atoms with Crippen LogP contribution in [0, 0.1) is 16.7 Å². The SMILES string of the molecule is COP1(=O)OC[C@H]2O[C@@H](n3ccc(N)nc3=O)[C@](C)(C#N)[C@@H]2O1. The summed E-state index contributed by atoms with van der Waals surface area (Å²) in [5.41, 5.74) is 3.51. The number of rotatable bonds is 2. The maximum absolute atomic E-state index is 12.2. The van der Waals surface area contributed by atoms with Gasteiger partial charge in [-0.15, -0.1) is 0 Å². The van der Waals surface area contributed by atoms with Gasteiger partial charge in [0.15, 0.2) is 6.23 Å². The van der Waals surface area contributed by atoms with E-state index in [0.717, 1.165) is 4.57 Å². The Bertz CT molecular complexity index is 776. The average molecular weight is 342 g/mol. The molecule has 2 saturated heterocycles. The largest absolute Gasteiger partial charge is 0.475 e. The number of fused-ring (bicyclic) bond motifs is 1. The van der Waals surface area contributed by atoms with Gasteiger partial charge in [-0.2, -0.15) is 10.2 Å². The Hall–Kier alpha value is -1.76. The minimum absolute atomic E-state index is 0.0591. The molecule has 1 aromatic rings. The molecular weight excluding hydrogens is 327 g/mol. The van der Waals surface area contributed by atoms with E-state index in [1.807, 2.05) is 0 Å². The molecule has 0 saturated carbocycles. The van der Waals surface area contributed by atoms with E-state index >= 15 is 0 Å². The van der Waals surface area contributed by atoms with Crippen molar-refractivity contribution >= 4 is 13.6 Å². The van der Waals surface area contributed by atoms with E-state index in [4.69, 9.17) is 24.0 Å². The molecule has 2 aliphatic heterocycles. The number of nitriles is 1.